The predicted octanol–water partition coefficient (Wildman–Crippen LogP) is 4.61. The number of rotatable bonds is 10. The summed E-state index contributed by atoms with van der Waals surface area (Å²) in [5.74, 6) is -1.97. The van der Waals surface area contributed by atoms with E-state index in [0.29, 0.717) is 22.3 Å². The number of esters is 2. The van der Waals surface area contributed by atoms with Gasteiger partial charge in [-0.3, -0.25) is 28.8 Å². The van der Waals surface area contributed by atoms with Gasteiger partial charge < -0.3 is 9.47 Å². The van der Waals surface area contributed by atoms with E-state index in [-0.39, 0.29) is 42.8 Å². The molecule has 0 bridgehead atoms. The number of ketones is 4. The molecule has 0 aromatic heterocycles. The summed E-state index contributed by atoms with van der Waals surface area (Å²) >= 11 is 6.19. The molecule has 2 rings (SSSR count). The van der Waals surface area contributed by atoms with Crippen LogP contribution in [0.15, 0.2) is 52.8 Å². The summed E-state index contributed by atoms with van der Waals surface area (Å²) in [5.41, 5.74) is 1.82. The monoisotopic (exact) mass is 604 g/mol. The van der Waals surface area contributed by atoms with Crippen LogP contribution < -0.4 is 0 Å². The number of halogens is 1. The predicted molar refractivity (Wildman–Crippen MR) is 149 cm³/mol. The van der Waals surface area contributed by atoms with Crippen LogP contribution in [0.5, 0.6) is 0 Å². The number of hydrogen-bond donors (Lipinski definition) is 1. The van der Waals surface area contributed by atoms with Crippen molar-refractivity contribution in [3.63, 3.8) is 0 Å². The molecule has 0 fully saturated rings. The topological polar surface area (TPSA) is 133 Å². The van der Waals surface area contributed by atoms with Crippen LogP contribution in [0.1, 0.15) is 75.5 Å². The fourth-order valence-corrected chi connectivity index (χ4v) is 3.07. The first-order chi connectivity index (χ1) is 17.9. The summed E-state index contributed by atoms with van der Waals surface area (Å²) in [5, 5.41) is 0. The first kappa shape index (κ1) is 34.8. The van der Waals surface area contributed by atoms with E-state index in [1.807, 2.05) is 0 Å². The number of benzene rings is 2. The van der Waals surface area contributed by atoms with Crippen molar-refractivity contribution in [3.8, 4) is 0 Å². The maximum atomic E-state index is 11.9. The van der Waals surface area contributed by atoms with Crippen LogP contribution in [0, 0.1) is 0 Å². The molecule has 201 valence electrons. The van der Waals surface area contributed by atoms with E-state index in [9.17, 15) is 28.8 Å². The number of alkyl halides is 1. The zero-order valence-corrected chi connectivity index (χ0v) is 23.9. The van der Waals surface area contributed by atoms with Gasteiger partial charge in [-0.25, -0.2) is 0 Å². The van der Waals surface area contributed by atoms with E-state index in [2.05, 4.69) is 45.4 Å². The molecule has 0 saturated carbocycles. The molecule has 0 aliphatic rings. The van der Waals surface area contributed by atoms with Gasteiger partial charge in [-0.05, 0) is 27.7 Å². The molecule has 0 aliphatic heterocycles. The first-order valence-corrected chi connectivity index (χ1v) is 12.5. The Hall–Kier alpha value is -3.25. The SMILES string of the molecule is CCOC(=O)C(Br)C(=O)c1ccc(C(C)=O)cc1.CCOC(=O)CC(=O)c1ccc(C(C)=O)cc1.[B]=NS. The summed E-state index contributed by atoms with van der Waals surface area (Å²) in [7, 11) is 4.34. The number of carbonyl (C=O) groups excluding carboxylic acids is 6. The van der Waals surface area contributed by atoms with Crippen molar-refractivity contribution in [3.05, 3.63) is 70.8 Å². The molecule has 1 unspecified atom stereocenters. The minimum atomic E-state index is -1.01. The van der Waals surface area contributed by atoms with Crippen molar-refractivity contribution in [2.24, 2.45) is 4.30 Å². The molecule has 0 amide bonds. The maximum absolute atomic E-state index is 11.9. The van der Waals surface area contributed by atoms with E-state index in [1.54, 1.807) is 38.1 Å². The molecule has 2 aromatic rings. The van der Waals surface area contributed by atoms with Crippen LogP contribution in [0.3, 0.4) is 0 Å². The summed E-state index contributed by atoms with van der Waals surface area (Å²) in [6, 6.07) is 12.4. The fraction of sp³-hybridized carbons (Fsp3) is 0.308. The van der Waals surface area contributed by atoms with Crippen molar-refractivity contribution in [2.45, 2.75) is 38.9 Å². The van der Waals surface area contributed by atoms with Crippen LogP contribution in [0.25, 0.3) is 0 Å². The van der Waals surface area contributed by atoms with E-state index in [1.165, 1.54) is 38.1 Å². The molecule has 0 heterocycles. The molecule has 12 heteroatoms. The second-order valence-electron chi connectivity index (χ2n) is 7.27. The van der Waals surface area contributed by atoms with Crippen molar-refractivity contribution in [1.82, 2.24) is 0 Å². The van der Waals surface area contributed by atoms with Crippen molar-refractivity contribution in [2.75, 3.05) is 13.2 Å². The summed E-state index contributed by atoms with van der Waals surface area (Å²) < 4.78 is 12.1. The van der Waals surface area contributed by atoms with Gasteiger partial charge in [-0.15, -0.1) is 0 Å². The van der Waals surface area contributed by atoms with Gasteiger partial charge in [0.2, 0.25) is 0 Å². The number of thiol groups is 1. The Bertz CT molecular complexity index is 1140. The van der Waals surface area contributed by atoms with Crippen molar-refractivity contribution < 1.29 is 38.2 Å². The molecule has 0 aliphatic carbocycles. The second-order valence-corrected chi connectivity index (χ2v) is 8.41. The van der Waals surface area contributed by atoms with Crippen LogP contribution in [-0.4, -0.2) is 60.8 Å². The summed E-state index contributed by atoms with van der Waals surface area (Å²) in [6.45, 7) is 6.73. The minimum absolute atomic E-state index is 0.0607. The van der Waals surface area contributed by atoms with Gasteiger partial charge in [0.15, 0.2) is 28.0 Å². The van der Waals surface area contributed by atoms with Crippen LogP contribution >= 0.6 is 28.7 Å². The third-order valence-electron chi connectivity index (χ3n) is 4.52. The Balaban J connectivity index is 0.000000654. The molecule has 1 radical (unpaired) electrons. The number of Topliss-reactive ketones (excluding diaryl/α,β-unsaturated/α-hetero) is 4. The third-order valence-corrected chi connectivity index (χ3v) is 5.31. The van der Waals surface area contributed by atoms with Gasteiger partial charge >= 0.3 is 36.7 Å². The number of carbonyl (C=O) groups is 6. The standard InChI is InChI=1S/C13H13BrO4.C13H14O4.BHNS/c1-3-18-13(17)11(14)12(16)10-6-4-9(5-7-10)8(2)15;1-3-17-13(16)8-12(15)11-6-4-10(5-7-11)9(2)14;1-2-3/h4-7,11H,3H2,1-2H3;4-7H,3,8H2,1-2H3;3H. The fourth-order valence-electron chi connectivity index (χ4n) is 2.67. The molecule has 0 spiro atoms. The molecular formula is C26H28BBrNO8S. The Morgan fingerprint density at radius 2 is 1.16 bits per heavy atom. The second kappa shape index (κ2) is 18.9. The van der Waals surface area contributed by atoms with Gasteiger partial charge in [0.05, 0.1) is 13.2 Å². The van der Waals surface area contributed by atoms with E-state index in [4.69, 9.17) is 4.74 Å². The Kier molecular flexibility index (Phi) is 17.3. The quantitative estimate of drug-likeness (QED) is 0.104. The van der Waals surface area contributed by atoms with Gasteiger partial charge in [-0.1, -0.05) is 64.5 Å². The normalized spacial score (nSPS) is 10.2. The molecule has 2 aromatic carbocycles. The Morgan fingerprint density at radius 3 is 1.53 bits per heavy atom. The van der Waals surface area contributed by atoms with Gasteiger partial charge in [-0.2, -0.15) is 0 Å². The summed E-state index contributed by atoms with van der Waals surface area (Å²) in [6.07, 6.45) is -0.271. The zero-order chi connectivity index (χ0) is 29.3. The first-order valence-electron chi connectivity index (χ1n) is 11.2. The van der Waals surface area contributed by atoms with Crippen molar-refractivity contribution >= 4 is 71.5 Å². The molecule has 0 saturated heterocycles. The van der Waals surface area contributed by atoms with Crippen LogP contribution in [-0.2, 0) is 19.1 Å². The third kappa shape index (κ3) is 12.8. The number of ether oxygens (including phenoxy) is 2. The average Bonchev–Trinajstić information content (AvgIpc) is 2.89. The Labute approximate surface area is 236 Å². The van der Waals surface area contributed by atoms with E-state index < -0.39 is 16.8 Å². The van der Waals surface area contributed by atoms with Gasteiger partial charge in [0, 0.05) is 22.3 Å². The van der Waals surface area contributed by atoms with E-state index in [0.717, 1.165) is 0 Å². The number of hydrogen-bond acceptors (Lipinski definition) is 10. The van der Waals surface area contributed by atoms with Crippen LogP contribution in [0.4, 0.5) is 0 Å². The van der Waals surface area contributed by atoms with Gasteiger partial charge in [0.1, 0.15) is 6.42 Å². The molecule has 0 N–H and O–H groups in total. The van der Waals surface area contributed by atoms with Gasteiger partial charge in [0.25, 0.3) is 0 Å². The number of nitrogens with zero attached hydrogens (tertiary/aromatic N) is 1. The summed E-state index contributed by atoms with van der Waals surface area (Å²) in [4.78, 5) is 67.1. The molecule has 38 heavy (non-hydrogen) atoms. The molecular weight excluding hydrogens is 577 g/mol. The molecule has 9 nitrogen and oxygen atoms in total. The van der Waals surface area contributed by atoms with Crippen molar-refractivity contribution in [1.29, 1.82) is 0 Å². The zero-order valence-electron chi connectivity index (χ0n) is 21.4. The van der Waals surface area contributed by atoms with Crippen LogP contribution in [0.2, 0.25) is 0 Å². The Morgan fingerprint density at radius 1 is 0.789 bits per heavy atom. The van der Waals surface area contributed by atoms with E-state index >= 15 is 0 Å². The average molecular weight is 605 g/mol. The molecule has 1 atom stereocenters.